The van der Waals surface area contributed by atoms with E-state index in [1.54, 1.807) is 28.4 Å². The fraction of sp³-hybridized carbons (Fsp3) is 1.00. The summed E-state index contributed by atoms with van der Waals surface area (Å²) in [6.07, 6.45) is -1.60. The van der Waals surface area contributed by atoms with E-state index in [0.717, 1.165) is 0 Å². The molecule has 19 heavy (non-hydrogen) atoms. The van der Waals surface area contributed by atoms with Crippen LogP contribution in [0.2, 0.25) is 0 Å². The van der Waals surface area contributed by atoms with Gasteiger partial charge in [0.05, 0.1) is 12.7 Å². The van der Waals surface area contributed by atoms with Crippen molar-refractivity contribution in [3.05, 3.63) is 0 Å². The summed E-state index contributed by atoms with van der Waals surface area (Å²) in [5, 5.41) is 0. The van der Waals surface area contributed by atoms with Crippen molar-refractivity contribution in [2.24, 2.45) is 0 Å². The predicted molar refractivity (Wildman–Crippen MR) is 69.1 cm³/mol. The quantitative estimate of drug-likeness (QED) is 0.687. The highest BCUT2D eigenvalue weighted by Crippen LogP contribution is 2.28. The van der Waals surface area contributed by atoms with Crippen LogP contribution < -0.4 is 0 Å². The summed E-state index contributed by atoms with van der Waals surface area (Å²) >= 11 is 0. The van der Waals surface area contributed by atoms with E-state index in [9.17, 15) is 0 Å². The summed E-state index contributed by atoms with van der Waals surface area (Å²) in [4.78, 5) is 0. The number of ether oxygens (including phenoxy) is 6. The van der Waals surface area contributed by atoms with E-state index in [0.29, 0.717) is 6.61 Å². The normalized spacial score (nSPS) is 35.8. The molecule has 1 fully saturated rings. The summed E-state index contributed by atoms with van der Waals surface area (Å²) in [7, 11) is 6.49. The molecule has 1 saturated heterocycles. The van der Waals surface area contributed by atoms with Gasteiger partial charge in [-0.05, 0) is 13.8 Å². The van der Waals surface area contributed by atoms with Gasteiger partial charge in [-0.3, -0.25) is 0 Å². The molecule has 6 heteroatoms. The minimum absolute atomic E-state index is 0.0300. The molecule has 0 bridgehead atoms. The van der Waals surface area contributed by atoms with Crippen molar-refractivity contribution >= 4 is 0 Å². The molecular formula is C13H26O6. The smallest absolute Gasteiger partial charge is 0.187 e. The minimum atomic E-state index is -0.499. The molecule has 0 spiro atoms. The number of methoxy groups -OCH3 is 4. The maximum atomic E-state index is 5.90. The largest absolute Gasteiger partial charge is 0.382 e. The first kappa shape index (κ1) is 16.8. The van der Waals surface area contributed by atoms with Crippen LogP contribution in [-0.4, -0.2) is 71.9 Å². The zero-order valence-electron chi connectivity index (χ0n) is 12.6. The molecule has 0 aromatic heterocycles. The average Bonchev–Trinajstić information content (AvgIpc) is 2.37. The highest BCUT2D eigenvalue weighted by atomic mass is 16.7. The van der Waals surface area contributed by atoms with Crippen LogP contribution >= 0.6 is 0 Å². The Kier molecular flexibility index (Phi) is 7.20. The van der Waals surface area contributed by atoms with E-state index >= 15 is 0 Å². The number of hydrogen-bond donors (Lipinski definition) is 0. The van der Waals surface area contributed by atoms with E-state index in [-0.39, 0.29) is 30.5 Å². The molecule has 0 aromatic carbocycles. The summed E-state index contributed by atoms with van der Waals surface area (Å²) in [5.74, 6) is 0. The van der Waals surface area contributed by atoms with Crippen molar-refractivity contribution in [2.45, 2.75) is 50.7 Å². The summed E-state index contributed by atoms with van der Waals surface area (Å²) in [6.45, 7) is 4.31. The van der Waals surface area contributed by atoms with E-state index < -0.39 is 6.29 Å². The van der Waals surface area contributed by atoms with Gasteiger partial charge >= 0.3 is 0 Å². The number of rotatable bonds is 7. The molecule has 0 aromatic rings. The van der Waals surface area contributed by atoms with Gasteiger partial charge in [-0.2, -0.15) is 0 Å². The van der Waals surface area contributed by atoms with Gasteiger partial charge in [-0.25, -0.2) is 0 Å². The van der Waals surface area contributed by atoms with Gasteiger partial charge in [-0.1, -0.05) is 0 Å². The third kappa shape index (κ3) is 4.11. The van der Waals surface area contributed by atoms with Crippen LogP contribution in [0.5, 0.6) is 0 Å². The third-order valence-electron chi connectivity index (χ3n) is 3.14. The zero-order valence-corrected chi connectivity index (χ0v) is 12.6. The maximum absolute atomic E-state index is 5.90. The molecule has 114 valence electrons. The lowest BCUT2D eigenvalue weighted by atomic mass is 9.98. The monoisotopic (exact) mass is 278 g/mol. The van der Waals surface area contributed by atoms with Crippen molar-refractivity contribution in [3.8, 4) is 0 Å². The topological polar surface area (TPSA) is 55.4 Å². The van der Waals surface area contributed by atoms with Crippen molar-refractivity contribution in [3.63, 3.8) is 0 Å². The lowest BCUT2D eigenvalue weighted by molar-refractivity contribution is -0.319. The zero-order chi connectivity index (χ0) is 14.4. The molecule has 5 atom stereocenters. The minimum Gasteiger partial charge on any atom is -0.382 e. The first-order chi connectivity index (χ1) is 9.08. The van der Waals surface area contributed by atoms with E-state index in [2.05, 4.69) is 0 Å². The van der Waals surface area contributed by atoms with Gasteiger partial charge < -0.3 is 28.4 Å². The maximum Gasteiger partial charge on any atom is 0.187 e. The Balaban J connectivity index is 2.88. The van der Waals surface area contributed by atoms with Crippen LogP contribution in [0.3, 0.4) is 0 Å². The Labute approximate surface area is 115 Å². The molecule has 0 radical (unpaired) electrons. The van der Waals surface area contributed by atoms with Gasteiger partial charge in [-0.15, -0.1) is 0 Å². The standard InChI is InChI=1S/C13H26O6/c1-8(2)18-13-12(17-6)11(16-5)10(15-4)9(19-13)7-14-3/h8-13H,7H2,1-6H3/t9-,10+,11+,12-,13?/m1/s1. The highest BCUT2D eigenvalue weighted by molar-refractivity contribution is 4.92. The first-order valence-corrected chi connectivity index (χ1v) is 6.47. The second kappa shape index (κ2) is 8.14. The van der Waals surface area contributed by atoms with Crippen molar-refractivity contribution in [1.29, 1.82) is 0 Å². The second-order valence-electron chi connectivity index (χ2n) is 4.78. The van der Waals surface area contributed by atoms with Crippen molar-refractivity contribution < 1.29 is 28.4 Å². The SMILES string of the molecule is COC[C@H]1OC(OC(C)C)[C@H](OC)[C@@H](OC)[C@H]1OC. The van der Waals surface area contributed by atoms with Crippen molar-refractivity contribution in [1.82, 2.24) is 0 Å². The molecule has 6 nitrogen and oxygen atoms in total. The molecule has 0 aliphatic carbocycles. The summed E-state index contributed by atoms with van der Waals surface area (Å²) in [6, 6.07) is 0. The Hall–Kier alpha value is -0.240. The summed E-state index contributed by atoms with van der Waals surface area (Å²) in [5.41, 5.74) is 0. The van der Waals surface area contributed by atoms with Crippen LogP contribution in [0.4, 0.5) is 0 Å². The van der Waals surface area contributed by atoms with E-state index in [1.165, 1.54) is 0 Å². The van der Waals surface area contributed by atoms with Gasteiger partial charge in [0.25, 0.3) is 0 Å². The van der Waals surface area contributed by atoms with Gasteiger partial charge in [0.15, 0.2) is 6.29 Å². The van der Waals surface area contributed by atoms with E-state index in [1.807, 2.05) is 13.8 Å². The highest BCUT2D eigenvalue weighted by Gasteiger charge is 2.47. The Morgan fingerprint density at radius 2 is 1.47 bits per heavy atom. The van der Waals surface area contributed by atoms with Crippen molar-refractivity contribution in [2.75, 3.05) is 35.0 Å². The molecule has 1 aliphatic rings. The Bertz CT molecular complexity index is 247. The molecule has 0 amide bonds. The van der Waals surface area contributed by atoms with Gasteiger partial charge in [0.2, 0.25) is 0 Å². The third-order valence-corrected chi connectivity index (χ3v) is 3.14. The van der Waals surface area contributed by atoms with Crippen LogP contribution in [0.25, 0.3) is 0 Å². The fourth-order valence-electron chi connectivity index (χ4n) is 2.36. The first-order valence-electron chi connectivity index (χ1n) is 6.47. The van der Waals surface area contributed by atoms with Crippen LogP contribution in [0.1, 0.15) is 13.8 Å². The fourth-order valence-corrected chi connectivity index (χ4v) is 2.36. The molecule has 0 saturated carbocycles. The lowest BCUT2D eigenvalue weighted by Gasteiger charge is -2.44. The van der Waals surface area contributed by atoms with Gasteiger partial charge in [0.1, 0.15) is 24.4 Å². The molecule has 1 unspecified atom stereocenters. The number of hydrogen-bond acceptors (Lipinski definition) is 6. The molecule has 1 heterocycles. The average molecular weight is 278 g/mol. The summed E-state index contributed by atoms with van der Waals surface area (Å²) < 4.78 is 33.3. The Morgan fingerprint density at radius 1 is 0.895 bits per heavy atom. The van der Waals surface area contributed by atoms with Gasteiger partial charge in [0, 0.05) is 28.4 Å². The van der Waals surface area contributed by atoms with Crippen LogP contribution in [0, 0.1) is 0 Å². The van der Waals surface area contributed by atoms with Crippen LogP contribution in [-0.2, 0) is 28.4 Å². The molecule has 0 N–H and O–H groups in total. The molecule has 1 rings (SSSR count). The molecular weight excluding hydrogens is 252 g/mol. The lowest BCUT2D eigenvalue weighted by Crippen LogP contribution is -2.61. The van der Waals surface area contributed by atoms with Crippen LogP contribution in [0.15, 0.2) is 0 Å². The second-order valence-corrected chi connectivity index (χ2v) is 4.78. The van der Waals surface area contributed by atoms with E-state index in [4.69, 9.17) is 28.4 Å². The molecule has 1 aliphatic heterocycles. The predicted octanol–water partition coefficient (Wildman–Crippen LogP) is 0.828. The Morgan fingerprint density at radius 3 is 1.89 bits per heavy atom.